The summed E-state index contributed by atoms with van der Waals surface area (Å²) in [4.78, 5) is 19.8. The van der Waals surface area contributed by atoms with Gasteiger partial charge in [-0.3, -0.25) is 9.89 Å². The Morgan fingerprint density at radius 1 is 1.00 bits per heavy atom. The summed E-state index contributed by atoms with van der Waals surface area (Å²) in [7, 11) is 2.16. The molecule has 1 amide bonds. The molecule has 0 atom stereocenters. The average Bonchev–Trinajstić information content (AvgIpc) is 3.58. The van der Waals surface area contributed by atoms with Gasteiger partial charge in [0.2, 0.25) is 0 Å². The van der Waals surface area contributed by atoms with Crippen LogP contribution in [0.2, 0.25) is 0 Å². The lowest BCUT2D eigenvalue weighted by Crippen LogP contribution is -2.36. The molecule has 0 bridgehead atoms. The van der Waals surface area contributed by atoms with Crippen LogP contribution >= 0.6 is 0 Å². The van der Waals surface area contributed by atoms with E-state index in [2.05, 4.69) is 48.4 Å². The second kappa shape index (κ2) is 10.6. The van der Waals surface area contributed by atoms with Crippen LogP contribution in [0.3, 0.4) is 0 Å². The fourth-order valence-electron chi connectivity index (χ4n) is 5.69. The molecule has 9 nitrogen and oxygen atoms in total. The highest BCUT2D eigenvalue weighted by Gasteiger charge is 2.22. The molecule has 4 aromatic rings. The van der Waals surface area contributed by atoms with Crippen LogP contribution in [-0.4, -0.2) is 62.8 Å². The van der Waals surface area contributed by atoms with E-state index in [-0.39, 0.29) is 5.91 Å². The van der Waals surface area contributed by atoms with Crippen molar-refractivity contribution in [3.63, 3.8) is 0 Å². The van der Waals surface area contributed by atoms with E-state index in [1.807, 2.05) is 48.8 Å². The third kappa shape index (κ3) is 5.30. The number of piperidine rings is 1. The first-order valence-corrected chi connectivity index (χ1v) is 13.7. The van der Waals surface area contributed by atoms with E-state index in [1.54, 1.807) is 0 Å². The molecule has 5 N–H and O–H groups in total. The van der Waals surface area contributed by atoms with Crippen molar-refractivity contribution in [2.45, 2.75) is 56.7 Å². The van der Waals surface area contributed by atoms with Crippen molar-refractivity contribution in [2.75, 3.05) is 30.8 Å². The monoisotopic (exact) mass is 512 g/mol. The van der Waals surface area contributed by atoms with E-state index >= 15 is 0 Å². The summed E-state index contributed by atoms with van der Waals surface area (Å²) >= 11 is 0. The number of aromatic amines is 1. The second-order valence-electron chi connectivity index (χ2n) is 10.8. The van der Waals surface area contributed by atoms with Gasteiger partial charge in [0.1, 0.15) is 5.82 Å². The molecule has 2 fully saturated rings. The van der Waals surface area contributed by atoms with E-state index < -0.39 is 0 Å². The van der Waals surface area contributed by atoms with Gasteiger partial charge in [-0.2, -0.15) is 5.10 Å². The lowest BCUT2D eigenvalue weighted by molar-refractivity contribution is 0.102. The first kappa shape index (κ1) is 24.6. The zero-order valence-corrected chi connectivity index (χ0v) is 21.9. The minimum atomic E-state index is -0.171. The molecule has 2 aliphatic rings. The summed E-state index contributed by atoms with van der Waals surface area (Å²) in [5, 5.41) is 14.0. The van der Waals surface area contributed by atoms with Crippen LogP contribution in [0, 0.1) is 0 Å². The highest BCUT2D eigenvalue weighted by molar-refractivity contribution is 6.04. The second-order valence-corrected chi connectivity index (χ2v) is 10.8. The number of rotatable bonds is 6. The largest absolute Gasteiger partial charge is 0.382 e. The molecule has 2 aromatic heterocycles. The lowest BCUT2D eigenvalue weighted by Gasteiger charge is -2.30. The number of amides is 1. The van der Waals surface area contributed by atoms with E-state index in [1.165, 1.54) is 0 Å². The Morgan fingerprint density at radius 3 is 2.53 bits per heavy atom. The average molecular weight is 513 g/mol. The van der Waals surface area contributed by atoms with Gasteiger partial charge in [0.25, 0.3) is 5.91 Å². The molecule has 38 heavy (non-hydrogen) atoms. The maximum Gasteiger partial charge on any atom is 0.256 e. The van der Waals surface area contributed by atoms with E-state index in [9.17, 15) is 4.79 Å². The number of anilines is 2. The van der Waals surface area contributed by atoms with E-state index in [0.29, 0.717) is 29.5 Å². The Balaban J connectivity index is 1.11. The third-order valence-corrected chi connectivity index (χ3v) is 8.07. The minimum absolute atomic E-state index is 0.171. The number of nitrogens with zero attached hydrogens (tertiary/aromatic N) is 4. The number of imidazole rings is 1. The number of aromatic nitrogens is 4. The molecule has 2 aromatic carbocycles. The van der Waals surface area contributed by atoms with Crippen molar-refractivity contribution < 1.29 is 4.79 Å². The van der Waals surface area contributed by atoms with Crippen molar-refractivity contribution in [1.29, 1.82) is 0 Å². The van der Waals surface area contributed by atoms with Crippen molar-refractivity contribution in [3.05, 3.63) is 60.4 Å². The number of carbonyl (C=O) groups is 1. The Morgan fingerprint density at radius 2 is 1.76 bits per heavy atom. The van der Waals surface area contributed by atoms with Crippen LogP contribution in [-0.2, 0) is 0 Å². The number of hydrogen-bond acceptors (Lipinski definition) is 6. The van der Waals surface area contributed by atoms with Crippen molar-refractivity contribution in [3.8, 4) is 11.3 Å². The minimum Gasteiger partial charge on any atom is -0.382 e. The molecule has 1 saturated carbocycles. The first-order chi connectivity index (χ1) is 18.5. The lowest BCUT2D eigenvalue weighted by atomic mass is 9.91. The zero-order valence-electron chi connectivity index (χ0n) is 21.9. The van der Waals surface area contributed by atoms with Crippen molar-refractivity contribution in [1.82, 2.24) is 24.6 Å². The molecule has 3 heterocycles. The SMILES string of the molecule is CN1CCC(Nc2ccc(C(=O)Nc3cc(-c4ccc5ncn(C6CCC(N)CC6)c5c4)n[nH]3)cc2)CC1. The topological polar surface area (TPSA) is 117 Å². The first-order valence-electron chi connectivity index (χ1n) is 13.7. The summed E-state index contributed by atoms with van der Waals surface area (Å²) in [6.45, 7) is 2.22. The molecule has 198 valence electrons. The molecule has 9 heteroatoms. The molecule has 1 saturated heterocycles. The van der Waals surface area contributed by atoms with Gasteiger partial charge in [0.05, 0.1) is 23.1 Å². The van der Waals surface area contributed by atoms with Gasteiger partial charge in [-0.25, -0.2) is 4.98 Å². The fraction of sp³-hybridized carbons (Fsp3) is 0.414. The number of hydrogen-bond donors (Lipinski definition) is 4. The summed E-state index contributed by atoms with van der Waals surface area (Å²) in [6.07, 6.45) is 8.45. The fourth-order valence-corrected chi connectivity index (χ4v) is 5.69. The van der Waals surface area contributed by atoms with Crippen LogP contribution in [0.25, 0.3) is 22.3 Å². The van der Waals surface area contributed by atoms with Crippen LogP contribution < -0.4 is 16.4 Å². The quantitative estimate of drug-likeness (QED) is 0.299. The Bertz CT molecular complexity index is 1390. The molecular formula is C29H36N8O. The van der Waals surface area contributed by atoms with Crippen molar-refractivity contribution in [2.24, 2.45) is 5.73 Å². The Kier molecular flexibility index (Phi) is 6.86. The van der Waals surface area contributed by atoms with Gasteiger partial charge in [-0.1, -0.05) is 6.07 Å². The Hall–Kier alpha value is -3.69. The smallest absolute Gasteiger partial charge is 0.256 e. The van der Waals surface area contributed by atoms with Crippen LogP contribution in [0.5, 0.6) is 0 Å². The predicted molar refractivity (Wildman–Crippen MR) is 151 cm³/mol. The molecule has 1 aliphatic carbocycles. The van der Waals surface area contributed by atoms with Crippen molar-refractivity contribution >= 4 is 28.4 Å². The third-order valence-electron chi connectivity index (χ3n) is 8.07. The van der Waals surface area contributed by atoms with Gasteiger partial charge < -0.3 is 25.8 Å². The summed E-state index contributed by atoms with van der Waals surface area (Å²) in [5.74, 6) is 0.392. The van der Waals surface area contributed by atoms with Crippen LogP contribution in [0.15, 0.2) is 54.9 Å². The number of benzene rings is 2. The highest BCUT2D eigenvalue weighted by Crippen LogP contribution is 2.32. The number of nitrogens with two attached hydrogens (primary N) is 1. The van der Waals surface area contributed by atoms with Gasteiger partial charge in [-0.05, 0) is 95.1 Å². The molecule has 1 aliphatic heterocycles. The number of likely N-dealkylation sites (tertiary alicyclic amines) is 1. The molecular weight excluding hydrogens is 476 g/mol. The molecule has 0 spiro atoms. The predicted octanol–water partition coefficient (Wildman–Crippen LogP) is 4.63. The summed E-state index contributed by atoms with van der Waals surface area (Å²) in [5.41, 5.74) is 11.6. The molecule has 6 rings (SSSR count). The summed E-state index contributed by atoms with van der Waals surface area (Å²) in [6, 6.07) is 16.9. The van der Waals surface area contributed by atoms with Gasteiger partial charge in [0.15, 0.2) is 0 Å². The number of fused-ring (bicyclic) bond motifs is 1. The number of nitrogens with one attached hydrogen (secondary N) is 3. The zero-order chi connectivity index (χ0) is 26.1. The normalized spacial score (nSPS) is 21.0. The van der Waals surface area contributed by atoms with Crippen LogP contribution in [0.1, 0.15) is 54.9 Å². The maximum atomic E-state index is 12.9. The van der Waals surface area contributed by atoms with E-state index in [4.69, 9.17) is 5.73 Å². The standard InChI is InChI=1S/C29H36N8O/c1-36-14-12-23(13-15-36)32-22-7-2-19(3-8-22)29(38)33-28-17-26(34-35-28)20-4-11-25-27(16-20)37(18-31-25)24-9-5-21(30)6-10-24/h2-4,7-8,11,16-18,21,23-24,32H,5-6,9-10,12-15,30H2,1H3,(H2,33,34,35,38). The number of carbonyl (C=O) groups excluding carboxylic acids is 1. The van der Waals surface area contributed by atoms with Gasteiger partial charge in [-0.15, -0.1) is 0 Å². The summed E-state index contributed by atoms with van der Waals surface area (Å²) < 4.78 is 2.28. The van der Waals surface area contributed by atoms with E-state index in [0.717, 1.165) is 79.6 Å². The Labute approximate surface area is 222 Å². The molecule has 0 unspecified atom stereocenters. The maximum absolute atomic E-state index is 12.9. The van der Waals surface area contributed by atoms with Crippen LogP contribution in [0.4, 0.5) is 11.5 Å². The number of H-pyrrole nitrogens is 1. The van der Waals surface area contributed by atoms with Gasteiger partial charge in [0, 0.05) is 41.0 Å². The van der Waals surface area contributed by atoms with Gasteiger partial charge >= 0.3 is 0 Å². The highest BCUT2D eigenvalue weighted by atomic mass is 16.1. The molecule has 0 radical (unpaired) electrons.